The Balaban J connectivity index is -0.0000000400. The van der Waals surface area contributed by atoms with E-state index in [1.165, 1.54) is 9.82 Å². The minimum absolute atomic E-state index is 0. The predicted molar refractivity (Wildman–Crippen MR) is 25.9 cm³/mol. The first-order valence-corrected chi connectivity index (χ1v) is 0.800. The molecule has 0 aliphatic heterocycles. The van der Waals surface area contributed by atoms with Crippen LogP contribution in [0.1, 0.15) is 0 Å². The van der Waals surface area contributed by atoms with Gasteiger partial charge in [0.15, 0.2) is 0 Å². The molecule has 0 aromatic rings. The Kier molecular flexibility index (Phi) is 124. The van der Waals surface area contributed by atoms with Gasteiger partial charge >= 0.3 is 23.1 Å². The second-order valence-electron chi connectivity index (χ2n) is 0.179. The van der Waals surface area contributed by atoms with Crippen LogP contribution in [0.25, 0.3) is 31.9 Å². The summed E-state index contributed by atoms with van der Waals surface area (Å²) in [7, 11) is 0. The predicted octanol–water partition coefficient (Wildman–Crippen LogP) is 1.35. The molecule has 0 aliphatic rings. The van der Waals surface area contributed by atoms with Crippen LogP contribution in [-0.2, 0) is 0 Å². The number of hydrogen-bond donors (Lipinski definition) is 0. The Morgan fingerprint density at radius 1 is 0.714 bits per heavy atom. The maximum absolute atomic E-state index is 6.75. The van der Waals surface area contributed by atoms with Crippen molar-refractivity contribution in [1.82, 2.24) is 0 Å². The van der Waals surface area contributed by atoms with Crippen LogP contribution in [-0.4, -0.2) is 23.1 Å². The number of nitrogens with zero attached hydrogens (tertiary/aromatic N) is 6. The fourth-order valence-corrected chi connectivity index (χ4v) is 0. The Morgan fingerprint density at radius 2 is 0.714 bits per heavy atom. The van der Waals surface area contributed by atoms with Gasteiger partial charge in [0.2, 0.25) is 0 Å². The Labute approximate surface area is 55.5 Å². The zero-order chi connectivity index (χ0) is 5.41. The Bertz CT molecular complexity index is 58.2. The van der Waals surface area contributed by atoms with E-state index >= 15 is 0 Å². The van der Waals surface area contributed by atoms with E-state index in [9.17, 15) is 0 Å². The molecule has 0 unspecified atom stereocenters. The third-order valence-electron chi connectivity index (χ3n) is 0. The van der Waals surface area contributed by atoms with Crippen molar-refractivity contribution >= 4 is 23.1 Å². The standard InChI is InChI=1S/Mg.2N3/c;2*1-3-2/q+2;2*-1. The monoisotopic (exact) mass is 108 g/mol. The van der Waals surface area contributed by atoms with Crippen molar-refractivity contribution in [1.29, 1.82) is 0 Å². The van der Waals surface area contributed by atoms with Crippen molar-refractivity contribution in [2.45, 2.75) is 0 Å². The smallest absolute Gasteiger partial charge is 0.373 e. The number of rotatable bonds is 0. The van der Waals surface area contributed by atoms with Gasteiger partial charge in [0.1, 0.15) is 0 Å². The molecule has 0 aromatic heterocycles. The molecule has 0 spiro atoms. The molecule has 32 valence electrons. The zero-order valence-electron chi connectivity index (χ0n) is 3.39. The van der Waals surface area contributed by atoms with Crippen molar-refractivity contribution in [2.24, 2.45) is 0 Å². The largest absolute Gasteiger partial charge is 2.00 e. The molecule has 0 heterocycles. The molecule has 0 N–H and O–H groups in total. The van der Waals surface area contributed by atoms with Crippen LogP contribution in [0.2, 0.25) is 0 Å². The van der Waals surface area contributed by atoms with Gasteiger partial charge in [-0.2, -0.15) is 0 Å². The zero-order valence-corrected chi connectivity index (χ0v) is 4.80. The van der Waals surface area contributed by atoms with E-state index in [1.54, 1.807) is 0 Å². The van der Waals surface area contributed by atoms with E-state index in [2.05, 4.69) is 0 Å². The van der Waals surface area contributed by atoms with Gasteiger partial charge in [-0.05, 0) is 0 Å². The maximum atomic E-state index is 6.75. The number of hydrogen-bond acceptors (Lipinski definition) is 0. The molecule has 0 aromatic carbocycles. The Hall–Kier alpha value is -0.614. The van der Waals surface area contributed by atoms with Gasteiger partial charge in [0.25, 0.3) is 0 Å². The fraction of sp³-hybridized carbons (Fsp3) is 0. The summed E-state index contributed by atoms with van der Waals surface area (Å²) in [5.41, 5.74) is 27.0. The molecular weight excluding hydrogens is 108 g/mol. The maximum Gasteiger partial charge on any atom is 2.00 e. The van der Waals surface area contributed by atoms with Crippen LogP contribution in [0.5, 0.6) is 0 Å². The molecule has 0 saturated heterocycles. The summed E-state index contributed by atoms with van der Waals surface area (Å²) in [6.07, 6.45) is 0. The van der Waals surface area contributed by atoms with Crippen molar-refractivity contribution < 1.29 is 0 Å². The summed E-state index contributed by atoms with van der Waals surface area (Å²) in [6.45, 7) is 0. The van der Waals surface area contributed by atoms with E-state index in [-0.39, 0.29) is 23.1 Å². The van der Waals surface area contributed by atoms with Gasteiger partial charge in [-0.15, -0.1) is 0 Å². The average molecular weight is 108 g/mol. The molecule has 7 heteroatoms. The quantitative estimate of drug-likeness (QED) is 0.193. The Morgan fingerprint density at radius 3 is 0.714 bits per heavy atom. The van der Waals surface area contributed by atoms with Crippen LogP contribution in [0.4, 0.5) is 0 Å². The minimum atomic E-state index is 0. The van der Waals surface area contributed by atoms with Gasteiger partial charge in [-0.25, -0.2) is 0 Å². The van der Waals surface area contributed by atoms with Gasteiger partial charge in [0, 0.05) is 0 Å². The van der Waals surface area contributed by atoms with Crippen molar-refractivity contribution in [3.63, 3.8) is 0 Å². The van der Waals surface area contributed by atoms with E-state index < -0.39 is 0 Å². The topological polar surface area (TPSA) is 117 Å². The van der Waals surface area contributed by atoms with Gasteiger partial charge in [0.05, 0.1) is 0 Å². The normalized spacial score (nSPS) is 2.29. The SMILES string of the molecule is [Mg+2].[N-]=[N+]=[N-].[N-]=[N+]=[N-]. The van der Waals surface area contributed by atoms with Gasteiger partial charge < -0.3 is 22.1 Å². The second-order valence-corrected chi connectivity index (χ2v) is 0.179. The van der Waals surface area contributed by atoms with Gasteiger partial charge in [-0.3, -0.25) is 9.82 Å². The van der Waals surface area contributed by atoms with Crippen molar-refractivity contribution in [3.05, 3.63) is 31.9 Å². The van der Waals surface area contributed by atoms with E-state index in [0.29, 0.717) is 0 Å². The summed E-state index contributed by atoms with van der Waals surface area (Å²) in [5, 5.41) is 0. The summed E-state index contributed by atoms with van der Waals surface area (Å²) in [5.74, 6) is 0. The molecule has 0 saturated carbocycles. The van der Waals surface area contributed by atoms with Crippen molar-refractivity contribution in [3.8, 4) is 0 Å². The van der Waals surface area contributed by atoms with Crippen LogP contribution < -0.4 is 0 Å². The van der Waals surface area contributed by atoms with Crippen LogP contribution in [0.3, 0.4) is 0 Å². The molecule has 0 rings (SSSR count). The van der Waals surface area contributed by atoms with E-state index in [1.807, 2.05) is 0 Å². The third kappa shape index (κ3) is 164. The third-order valence-corrected chi connectivity index (χ3v) is 0. The molecule has 0 aliphatic carbocycles. The summed E-state index contributed by atoms with van der Waals surface area (Å²) < 4.78 is 0. The van der Waals surface area contributed by atoms with E-state index in [4.69, 9.17) is 22.1 Å². The van der Waals surface area contributed by atoms with Crippen molar-refractivity contribution in [2.75, 3.05) is 0 Å². The van der Waals surface area contributed by atoms with Gasteiger partial charge in [-0.1, -0.05) is 0 Å². The molecule has 6 nitrogen and oxygen atoms in total. The van der Waals surface area contributed by atoms with Crippen LogP contribution in [0.15, 0.2) is 0 Å². The molecule has 7 heavy (non-hydrogen) atoms. The van der Waals surface area contributed by atoms with Crippen LogP contribution >= 0.6 is 0 Å². The molecule has 0 atom stereocenters. The first-order valence-electron chi connectivity index (χ1n) is 0.800. The molecule has 0 fully saturated rings. The molecule has 0 radical (unpaired) electrons. The summed E-state index contributed by atoms with van der Waals surface area (Å²) in [6, 6.07) is 0. The molecule has 0 bridgehead atoms. The molecular formula is MgN6. The summed E-state index contributed by atoms with van der Waals surface area (Å²) in [4.78, 5) is 3.00. The van der Waals surface area contributed by atoms with E-state index in [0.717, 1.165) is 0 Å². The molecule has 0 amide bonds. The fourth-order valence-electron chi connectivity index (χ4n) is 0. The minimum Gasteiger partial charge on any atom is -0.373 e. The first kappa shape index (κ1) is 16.2. The average Bonchev–Trinajstić information content (AvgIpc) is 1.39. The van der Waals surface area contributed by atoms with Crippen LogP contribution in [0, 0.1) is 0 Å². The summed E-state index contributed by atoms with van der Waals surface area (Å²) >= 11 is 0. The first-order chi connectivity index (χ1) is 2.83. The second kappa shape index (κ2) is 53.9.